The number of thiophene rings is 1. The first-order chi connectivity index (χ1) is 29.7. The number of nitrogens with zero attached hydrogens (tertiary/aromatic N) is 2. The number of benzene rings is 8. The molecule has 2 nitrogen and oxygen atoms in total. The molecule has 0 N–H and O–H groups in total. The monoisotopic (exact) mass is 802 g/mol. The van der Waals surface area contributed by atoms with E-state index in [0.29, 0.717) is 5.92 Å². The van der Waals surface area contributed by atoms with Crippen molar-refractivity contribution < 1.29 is 0 Å². The van der Waals surface area contributed by atoms with Gasteiger partial charge in [-0.25, -0.2) is 0 Å². The highest BCUT2D eigenvalue weighted by molar-refractivity contribution is 8.08. The van der Waals surface area contributed by atoms with E-state index in [0.717, 1.165) is 5.75 Å². The summed E-state index contributed by atoms with van der Waals surface area (Å²) in [4.78, 5) is 2.74. The molecular formula is C56H38N2S2. The van der Waals surface area contributed by atoms with Gasteiger partial charge in [0.25, 0.3) is 0 Å². The molecule has 1 aliphatic rings. The number of allylic oxidation sites excluding steroid dienone is 1. The number of hydrogen-bond acceptors (Lipinski definition) is 2. The lowest BCUT2D eigenvalue weighted by atomic mass is 9.96. The average molecular weight is 803 g/mol. The van der Waals surface area contributed by atoms with Gasteiger partial charge in [0.15, 0.2) is 0 Å². The molecule has 1 atom stereocenters. The molecular weight excluding hydrogens is 765 g/mol. The van der Waals surface area contributed by atoms with Gasteiger partial charge in [0.05, 0.1) is 22.1 Å². The molecule has 0 saturated carbocycles. The molecule has 0 fully saturated rings. The van der Waals surface area contributed by atoms with Crippen molar-refractivity contribution in [1.82, 2.24) is 9.13 Å². The molecule has 0 radical (unpaired) electrons. The second-order valence-electron chi connectivity index (χ2n) is 15.7. The minimum Gasteiger partial charge on any atom is -0.309 e. The Bertz CT molecular complexity index is 3400. The second-order valence-corrected chi connectivity index (χ2v) is 17.7. The summed E-state index contributed by atoms with van der Waals surface area (Å²) in [5.74, 6) is 1.46. The Kier molecular flexibility index (Phi) is 8.46. The highest BCUT2D eigenvalue weighted by Gasteiger charge is 2.21. The summed E-state index contributed by atoms with van der Waals surface area (Å²) in [7, 11) is 0. The van der Waals surface area contributed by atoms with Crippen LogP contribution in [0.4, 0.5) is 0 Å². The lowest BCUT2D eigenvalue weighted by molar-refractivity contribution is 1.00. The maximum Gasteiger partial charge on any atom is 0.0541 e. The fourth-order valence-electron chi connectivity index (χ4n) is 9.21. The molecule has 4 heterocycles. The number of rotatable bonds is 7. The van der Waals surface area contributed by atoms with Crippen LogP contribution in [0.25, 0.3) is 93.3 Å². The van der Waals surface area contributed by atoms with Crippen LogP contribution < -0.4 is 0 Å². The van der Waals surface area contributed by atoms with Crippen LogP contribution in [-0.4, -0.2) is 14.9 Å². The normalized spacial score (nSPS) is 14.1. The van der Waals surface area contributed by atoms with Crippen molar-refractivity contribution >= 4 is 71.6 Å². The van der Waals surface area contributed by atoms with Crippen molar-refractivity contribution in [1.29, 1.82) is 0 Å². The summed E-state index contributed by atoms with van der Waals surface area (Å²) in [6.07, 6.45) is 2.48. The van der Waals surface area contributed by atoms with Crippen LogP contribution in [0.2, 0.25) is 0 Å². The van der Waals surface area contributed by atoms with E-state index in [1.54, 1.807) is 0 Å². The lowest BCUT2D eigenvalue weighted by Gasteiger charge is -2.10. The molecule has 284 valence electrons. The second kappa shape index (κ2) is 14.5. The smallest absolute Gasteiger partial charge is 0.0541 e. The number of thioether (sulfide) groups is 1. The van der Waals surface area contributed by atoms with E-state index in [2.05, 4.69) is 221 Å². The minimum absolute atomic E-state index is 0.397. The summed E-state index contributed by atoms with van der Waals surface area (Å²) < 4.78 is 4.75. The molecule has 11 aromatic rings. The van der Waals surface area contributed by atoms with Gasteiger partial charge in [0.1, 0.15) is 0 Å². The van der Waals surface area contributed by atoms with Crippen LogP contribution >= 0.6 is 23.1 Å². The Morgan fingerprint density at radius 1 is 0.383 bits per heavy atom. The van der Waals surface area contributed by atoms with Crippen molar-refractivity contribution in [3.63, 3.8) is 0 Å². The van der Waals surface area contributed by atoms with Crippen LogP contribution in [0.3, 0.4) is 0 Å². The molecule has 4 heteroatoms. The Balaban J connectivity index is 0.776. The van der Waals surface area contributed by atoms with Gasteiger partial charge < -0.3 is 9.13 Å². The summed E-state index contributed by atoms with van der Waals surface area (Å²) >= 11 is 3.83. The quantitative estimate of drug-likeness (QED) is 0.156. The predicted molar refractivity (Wildman–Crippen MR) is 259 cm³/mol. The number of para-hydroxylation sites is 4. The Morgan fingerprint density at radius 3 is 1.38 bits per heavy atom. The van der Waals surface area contributed by atoms with E-state index >= 15 is 0 Å². The van der Waals surface area contributed by atoms with Gasteiger partial charge in [-0.15, -0.1) is 23.1 Å². The minimum atomic E-state index is 0.397. The predicted octanol–water partition coefficient (Wildman–Crippen LogP) is 15.8. The number of hydrogen-bond donors (Lipinski definition) is 0. The van der Waals surface area contributed by atoms with E-state index in [-0.39, 0.29) is 0 Å². The van der Waals surface area contributed by atoms with Crippen molar-refractivity contribution in [3.8, 4) is 44.8 Å². The first-order valence-electron chi connectivity index (χ1n) is 20.6. The molecule has 0 spiro atoms. The van der Waals surface area contributed by atoms with Gasteiger partial charge in [0.2, 0.25) is 0 Å². The third-order valence-electron chi connectivity index (χ3n) is 12.2. The van der Waals surface area contributed by atoms with Crippen LogP contribution in [0, 0.1) is 0 Å². The van der Waals surface area contributed by atoms with Crippen molar-refractivity contribution in [2.75, 3.05) is 5.75 Å². The SMILES string of the molecule is C1=C(c2cc(-c3ccc(-c4ccc5c(c4)c4ccccc4n5-c4ccccc4)cc3)cs2)SCC1c1ccc(-c2ccc3c(c2)c2ccccc2n3-c2ccccc2)cc1. The molecule has 0 amide bonds. The Labute approximate surface area is 357 Å². The van der Waals surface area contributed by atoms with Gasteiger partial charge in [-0.2, -0.15) is 0 Å². The van der Waals surface area contributed by atoms with Gasteiger partial charge in [-0.1, -0.05) is 140 Å². The summed E-state index contributed by atoms with van der Waals surface area (Å²) in [5, 5.41) is 7.42. The van der Waals surface area contributed by atoms with Gasteiger partial charge in [-0.3, -0.25) is 0 Å². The molecule has 12 rings (SSSR count). The summed E-state index contributed by atoms with van der Waals surface area (Å²) in [6, 6.07) is 73.3. The first-order valence-corrected chi connectivity index (χ1v) is 22.4. The highest BCUT2D eigenvalue weighted by atomic mass is 32.2. The Hall–Kier alpha value is -6.85. The van der Waals surface area contributed by atoms with Gasteiger partial charge in [-0.05, 0) is 111 Å². The van der Waals surface area contributed by atoms with E-state index in [4.69, 9.17) is 0 Å². The summed E-state index contributed by atoms with van der Waals surface area (Å²) in [6.45, 7) is 0. The maximum atomic E-state index is 2.48. The lowest BCUT2D eigenvalue weighted by Crippen LogP contribution is -1.94. The third kappa shape index (κ3) is 5.94. The molecule has 3 aromatic heterocycles. The topological polar surface area (TPSA) is 9.86 Å². The van der Waals surface area contributed by atoms with Crippen molar-refractivity contribution in [3.05, 3.63) is 222 Å². The average Bonchev–Trinajstić information content (AvgIpc) is 4.14. The molecule has 1 aliphatic heterocycles. The van der Waals surface area contributed by atoms with E-state index < -0.39 is 0 Å². The zero-order valence-electron chi connectivity index (χ0n) is 32.7. The fourth-order valence-corrected chi connectivity index (χ4v) is 11.5. The zero-order chi connectivity index (χ0) is 39.6. The molecule has 0 bridgehead atoms. The molecule has 1 unspecified atom stereocenters. The highest BCUT2D eigenvalue weighted by Crippen LogP contribution is 2.45. The van der Waals surface area contributed by atoms with E-state index in [1.165, 1.54) is 104 Å². The van der Waals surface area contributed by atoms with Crippen LogP contribution in [-0.2, 0) is 0 Å². The molecule has 60 heavy (non-hydrogen) atoms. The van der Waals surface area contributed by atoms with Crippen LogP contribution in [0.1, 0.15) is 16.4 Å². The van der Waals surface area contributed by atoms with E-state index in [9.17, 15) is 0 Å². The molecule has 8 aromatic carbocycles. The molecule has 0 saturated heterocycles. The maximum absolute atomic E-state index is 2.48. The largest absolute Gasteiger partial charge is 0.309 e. The zero-order valence-corrected chi connectivity index (χ0v) is 34.3. The van der Waals surface area contributed by atoms with Gasteiger partial charge >= 0.3 is 0 Å². The van der Waals surface area contributed by atoms with Crippen LogP contribution in [0.5, 0.6) is 0 Å². The van der Waals surface area contributed by atoms with Crippen LogP contribution in [0.15, 0.2) is 212 Å². The Morgan fingerprint density at radius 2 is 0.833 bits per heavy atom. The molecule has 0 aliphatic carbocycles. The third-order valence-corrected chi connectivity index (χ3v) is 14.5. The number of aromatic nitrogens is 2. The fraction of sp³-hybridized carbons (Fsp3) is 0.0357. The van der Waals surface area contributed by atoms with Crippen molar-refractivity contribution in [2.24, 2.45) is 0 Å². The number of fused-ring (bicyclic) bond motifs is 6. The summed E-state index contributed by atoms with van der Waals surface area (Å²) in [5.41, 5.74) is 16.1. The van der Waals surface area contributed by atoms with Gasteiger partial charge in [0, 0.05) is 54.4 Å². The van der Waals surface area contributed by atoms with E-state index in [1.807, 2.05) is 23.1 Å². The van der Waals surface area contributed by atoms with Crippen molar-refractivity contribution in [2.45, 2.75) is 5.92 Å². The standard InChI is InChI=1S/C56H38N2S2/c1-3-11-45(12-4-1)57-51-17-9-7-15-47(51)49-31-41(27-29-53(49)57)37-19-23-39(24-20-37)43-33-55(59-35-43)56-34-44(36-60-56)40-25-21-38(22-26-40)42-28-30-54-50(32-42)48-16-8-10-18-52(48)58(54)46-13-5-2-6-14-46/h1-35,44H,36H2. The first kappa shape index (κ1) is 35.1.